The molecule has 0 aliphatic rings. The van der Waals surface area contributed by atoms with E-state index in [9.17, 15) is 22.4 Å². The lowest BCUT2D eigenvalue weighted by Gasteiger charge is -2.20. The highest BCUT2D eigenvalue weighted by Gasteiger charge is 2.34. The van der Waals surface area contributed by atoms with Crippen LogP contribution >= 0.6 is 0 Å². The summed E-state index contributed by atoms with van der Waals surface area (Å²) in [6.45, 7) is 18.5. The van der Waals surface area contributed by atoms with Crippen LogP contribution in [-0.2, 0) is 17.4 Å². The van der Waals surface area contributed by atoms with Crippen molar-refractivity contribution in [3.05, 3.63) is 112 Å². The molecular weight excluding hydrogens is 516 g/mol. The summed E-state index contributed by atoms with van der Waals surface area (Å²) in [5.74, 6) is -1.82. The summed E-state index contributed by atoms with van der Waals surface area (Å²) in [6, 6.07) is 6.41. The molecular formula is C33H38F4N2O. The Bertz CT molecular complexity index is 1390. The Morgan fingerprint density at radius 2 is 1.70 bits per heavy atom. The number of likely N-dealkylation sites (N-methyl/N-ethyl adjacent to an activating group) is 1. The van der Waals surface area contributed by atoms with Gasteiger partial charge in [0.2, 0.25) is 5.91 Å². The van der Waals surface area contributed by atoms with Gasteiger partial charge in [0.15, 0.2) is 0 Å². The molecule has 0 atom stereocenters. The van der Waals surface area contributed by atoms with Crippen LogP contribution in [0.5, 0.6) is 0 Å². The van der Waals surface area contributed by atoms with E-state index in [0.717, 1.165) is 28.3 Å². The van der Waals surface area contributed by atoms with Gasteiger partial charge in [-0.2, -0.15) is 13.2 Å². The molecule has 0 aliphatic carbocycles. The molecule has 0 radical (unpaired) electrons. The number of rotatable bonds is 8. The first-order chi connectivity index (χ1) is 18.4. The van der Waals surface area contributed by atoms with Crippen molar-refractivity contribution in [2.24, 2.45) is 5.41 Å². The minimum atomic E-state index is -4.84. The SMILES string of the molecule is C=C(C)C(=C\C(=C/C)c1ccnc(/C(C)=C/N(C)C(=O)Cc2ccc(F)c(C(F)(F)F)c2)c1)/C=C(\C)C(C)(C)C. The summed E-state index contributed by atoms with van der Waals surface area (Å²) in [5.41, 5.74) is 5.15. The number of carbonyl (C=O) groups is 1. The van der Waals surface area contributed by atoms with Crippen molar-refractivity contribution in [1.29, 1.82) is 0 Å². The van der Waals surface area contributed by atoms with E-state index in [-0.39, 0.29) is 17.4 Å². The third-order valence-electron chi connectivity index (χ3n) is 6.64. The quantitative estimate of drug-likeness (QED) is 0.241. The molecule has 0 aliphatic heterocycles. The maximum absolute atomic E-state index is 13.6. The van der Waals surface area contributed by atoms with E-state index in [1.165, 1.54) is 23.6 Å². The molecule has 0 unspecified atom stereocenters. The van der Waals surface area contributed by atoms with E-state index in [1.54, 1.807) is 19.3 Å². The molecule has 1 aromatic carbocycles. The smallest absolute Gasteiger partial charge is 0.322 e. The third-order valence-corrected chi connectivity index (χ3v) is 6.64. The number of hydrogen-bond acceptors (Lipinski definition) is 2. The van der Waals surface area contributed by atoms with Gasteiger partial charge in [-0.15, -0.1) is 0 Å². The van der Waals surface area contributed by atoms with Crippen LogP contribution in [0.1, 0.15) is 70.9 Å². The molecule has 2 rings (SSSR count). The molecule has 3 nitrogen and oxygen atoms in total. The average molecular weight is 555 g/mol. The number of nitrogens with zero attached hydrogens (tertiary/aromatic N) is 2. The zero-order valence-corrected chi connectivity index (χ0v) is 24.5. The number of benzene rings is 1. The van der Waals surface area contributed by atoms with Crippen molar-refractivity contribution in [2.45, 2.75) is 61.1 Å². The number of hydrogen-bond donors (Lipinski definition) is 0. The maximum atomic E-state index is 13.6. The lowest BCUT2D eigenvalue weighted by atomic mass is 9.85. The number of amides is 1. The monoisotopic (exact) mass is 554 g/mol. The van der Waals surface area contributed by atoms with Crippen LogP contribution in [0, 0.1) is 11.2 Å². The molecule has 0 saturated heterocycles. The molecule has 0 fully saturated rings. The molecule has 40 heavy (non-hydrogen) atoms. The van der Waals surface area contributed by atoms with E-state index < -0.39 is 23.5 Å². The second-order valence-electron chi connectivity index (χ2n) is 10.9. The van der Waals surface area contributed by atoms with Crippen LogP contribution in [0.15, 0.2) is 84.3 Å². The van der Waals surface area contributed by atoms with Crippen LogP contribution in [0.3, 0.4) is 0 Å². The number of allylic oxidation sites excluding steroid dienone is 8. The summed E-state index contributed by atoms with van der Waals surface area (Å²) < 4.78 is 52.7. The minimum Gasteiger partial charge on any atom is -0.322 e. The number of carbonyl (C=O) groups excluding carboxylic acids is 1. The third kappa shape index (κ3) is 8.90. The molecule has 7 heteroatoms. The van der Waals surface area contributed by atoms with Gasteiger partial charge in [-0.3, -0.25) is 9.78 Å². The fourth-order valence-corrected chi connectivity index (χ4v) is 3.69. The Morgan fingerprint density at radius 1 is 1.05 bits per heavy atom. The summed E-state index contributed by atoms with van der Waals surface area (Å²) >= 11 is 0. The lowest BCUT2D eigenvalue weighted by molar-refractivity contribution is -0.140. The van der Waals surface area contributed by atoms with Crippen molar-refractivity contribution in [3.63, 3.8) is 0 Å². The number of aromatic nitrogens is 1. The van der Waals surface area contributed by atoms with Crippen LogP contribution in [-0.4, -0.2) is 22.8 Å². The number of halogens is 4. The molecule has 1 amide bonds. The summed E-state index contributed by atoms with van der Waals surface area (Å²) in [7, 11) is 1.52. The normalized spacial score (nSPS) is 13.9. The molecule has 1 heterocycles. The van der Waals surface area contributed by atoms with Crippen LogP contribution in [0.2, 0.25) is 0 Å². The van der Waals surface area contributed by atoms with Gasteiger partial charge in [0.25, 0.3) is 0 Å². The Kier molecular flexibility index (Phi) is 10.6. The van der Waals surface area contributed by atoms with Gasteiger partial charge >= 0.3 is 6.18 Å². The summed E-state index contributed by atoms with van der Waals surface area (Å²) in [4.78, 5) is 18.5. The molecule has 214 valence electrons. The molecule has 0 N–H and O–H groups in total. The van der Waals surface area contributed by atoms with Crippen molar-refractivity contribution in [3.8, 4) is 0 Å². The van der Waals surface area contributed by atoms with Crippen molar-refractivity contribution in [1.82, 2.24) is 9.88 Å². The predicted octanol–water partition coefficient (Wildman–Crippen LogP) is 9.20. The first-order valence-electron chi connectivity index (χ1n) is 12.9. The Labute approximate surface area is 235 Å². The van der Waals surface area contributed by atoms with Gasteiger partial charge in [-0.05, 0) is 91.3 Å². The summed E-state index contributed by atoms with van der Waals surface area (Å²) in [6.07, 6.45) is 4.38. The van der Waals surface area contributed by atoms with E-state index in [0.29, 0.717) is 17.3 Å². The van der Waals surface area contributed by atoms with Crippen molar-refractivity contribution < 1.29 is 22.4 Å². The second-order valence-corrected chi connectivity index (χ2v) is 10.9. The van der Waals surface area contributed by atoms with Gasteiger partial charge in [0, 0.05) is 19.4 Å². The molecule has 0 spiro atoms. The van der Waals surface area contributed by atoms with E-state index in [2.05, 4.69) is 51.4 Å². The van der Waals surface area contributed by atoms with Gasteiger partial charge in [-0.25, -0.2) is 4.39 Å². The van der Waals surface area contributed by atoms with Gasteiger partial charge in [0.05, 0.1) is 17.7 Å². The largest absolute Gasteiger partial charge is 0.419 e. The van der Waals surface area contributed by atoms with Gasteiger partial charge in [0.1, 0.15) is 5.82 Å². The Morgan fingerprint density at radius 3 is 2.25 bits per heavy atom. The van der Waals surface area contributed by atoms with E-state index >= 15 is 0 Å². The average Bonchev–Trinajstić information content (AvgIpc) is 2.86. The molecule has 0 bridgehead atoms. The van der Waals surface area contributed by atoms with Crippen molar-refractivity contribution in [2.75, 3.05) is 7.05 Å². The summed E-state index contributed by atoms with van der Waals surface area (Å²) in [5, 5.41) is 0. The highest BCUT2D eigenvalue weighted by atomic mass is 19.4. The topological polar surface area (TPSA) is 33.2 Å². The zero-order chi connectivity index (χ0) is 30.4. The predicted molar refractivity (Wildman–Crippen MR) is 156 cm³/mol. The van der Waals surface area contributed by atoms with E-state index in [1.807, 2.05) is 32.1 Å². The standard InChI is InChI=1S/C33H38F4N2O/c1-10-25(18-27(21(2)3)15-23(5)32(6,7)8)26-13-14-38-30(19-26)22(4)20-39(9)31(40)17-24-11-12-29(34)28(16-24)33(35,36)37/h10-16,18-20H,2,17H2,1,3-9H3/b22-20+,23-15+,25-10+,27-18-. The highest BCUT2D eigenvalue weighted by molar-refractivity contribution is 5.82. The number of pyridine rings is 1. The second kappa shape index (κ2) is 13.1. The molecule has 0 saturated carbocycles. The molecule has 2 aromatic rings. The fraction of sp³-hybridized carbons (Fsp3) is 0.333. The zero-order valence-electron chi connectivity index (χ0n) is 24.5. The van der Waals surface area contributed by atoms with Crippen LogP contribution in [0.25, 0.3) is 11.1 Å². The Hall–Kier alpha value is -3.74. The number of alkyl halides is 3. The lowest BCUT2D eigenvalue weighted by Crippen LogP contribution is -2.23. The Balaban J connectivity index is 2.32. The first kappa shape index (κ1) is 32.5. The maximum Gasteiger partial charge on any atom is 0.419 e. The van der Waals surface area contributed by atoms with Gasteiger partial charge in [-0.1, -0.05) is 56.7 Å². The van der Waals surface area contributed by atoms with Crippen LogP contribution < -0.4 is 0 Å². The fourth-order valence-electron chi connectivity index (χ4n) is 3.69. The van der Waals surface area contributed by atoms with Crippen molar-refractivity contribution >= 4 is 17.1 Å². The van der Waals surface area contributed by atoms with Gasteiger partial charge < -0.3 is 4.90 Å². The molecule has 1 aromatic heterocycles. The first-order valence-corrected chi connectivity index (χ1v) is 12.9. The van der Waals surface area contributed by atoms with Crippen LogP contribution in [0.4, 0.5) is 17.6 Å². The van der Waals surface area contributed by atoms with E-state index in [4.69, 9.17) is 0 Å². The minimum absolute atomic E-state index is 0.0250. The highest BCUT2D eigenvalue weighted by Crippen LogP contribution is 2.32.